The summed E-state index contributed by atoms with van der Waals surface area (Å²) in [7, 11) is 0. The molecule has 0 amide bonds. The number of benzene rings is 1. The molecular formula is C10H9ClF4N2. The third kappa shape index (κ3) is 3.58. The van der Waals surface area contributed by atoms with Gasteiger partial charge < -0.3 is 5.73 Å². The van der Waals surface area contributed by atoms with Crippen LogP contribution in [0.2, 0.25) is 0 Å². The van der Waals surface area contributed by atoms with E-state index in [2.05, 4.69) is 0 Å². The molecule has 1 rings (SSSR count). The molecular weight excluding hydrogens is 260 g/mol. The molecule has 0 aliphatic carbocycles. The second-order valence-corrected chi connectivity index (χ2v) is 3.17. The van der Waals surface area contributed by atoms with Crippen LogP contribution in [0, 0.1) is 17.1 Å². The standard InChI is InChI=1S/C10H8F4N2.ClH/c11-7-3-1-2-6(10(12,13)14)9(7)8(16)4-5-15;/h1-3,8H,4,16H2;1H/t8-;/m0./s1. The predicted octanol–water partition coefficient (Wildman–Crippen LogP) is 3.18. The van der Waals surface area contributed by atoms with E-state index < -0.39 is 29.2 Å². The molecule has 1 aromatic rings. The van der Waals surface area contributed by atoms with Crippen molar-refractivity contribution in [1.82, 2.24) is 0 Å². The van der Waals surface area contributed by atoms with Crippen molar-refractivity contribution >= 4 is 12.4 Å². The number of nitrogens with zero attached hydrogens (tertiary/aromatic N) is 1. The zero-order valence-corrected chi connectivity index (χ0v) is 9.28. The summed E-state index contributed by atoms with van der Waals surface area (Å²) >= 11 is 0. The Kier molecular flexibility index (Phi) is 5.39. The second-order valence-electron chi connectivity index (χ2n) is 3.17. The van der Waals surface area contributed by atoms with Gasteiger partial charge in [0.05, 0.1) is 18.1 Å². The first-order chi connectivity index (χ1) is 7.38. The Hall–Kier alpha value is -1.32. The van der Waals surface area contributed by atoms with E-state index in [0.717, 1.165) is 18.2 Å². The lowest BCUT2D eigenvalue weighted by molar-refractivity contribution is -0.138. The molecule has 17 heavy (non-hydrogen) atoms. The van der Waals surface area contributed by atoms with E-state index in [-0.39, 0.29) is 18.8 Å². The van der Waals surface area contributed by atoms with Crippen molar-refractivity contribution in [1.29, 1.82) is 5.26 Å². The molecule has 1 aromatic carbocycles. The summed E-state index contributed by atoms with van der Waals surface area (Å²) in [5.74, 6) is -1.04. The van der Waals surface area contributed by atoms with E-state index in [1.54, 1.807) is 6.07 Å². The van der Waals surface area contributed by atoms with Gasteiger partial charge >= 0.3 is 6.18 Å². The summed E-state index contributed by atoms with van der Waals surface area (Å²) in [5, 5.41) is 8.35. The summed E-state index contributed by atoms with van der Waals surface area (Å²) in [4.78, 5) is 0. The van der Waals surface area contributed by atoms with Gasteiger partial charge in [-0.3, -0.25) is 0 Å². The van der Waals surface area contributed by atoms with Crippen molar-refractivity contribution in [2.45, 2.75) is 18.6 Å². The second kappa shape index (κ2) is 5.84. The quantitative estimate of drug-likeness (QED) is 0.838. The van der Waals surface area contributed by atoms with Crippen molar-refractivity contribution in [3.8, 4) is 6.07 Å². The highest BCUT2D eigenvalue weighted by Gasteiger charge is 2.35. The number of rotatable bonds is 2. The van der Waals surface area contributed by atoms with Gasteiger partial charge in [-0.1, -0.05) is 6.07 Å². The Morgan fingerprint density at radius 3 is 2.41 bits per heavy atom. The highest BCUT2D eigenvalue weighted by molar-refractivity contribution is 5.85. The largest absolute Gasteiger partial charge is 0.416 e. The predicted molar refractivity (Wildman–Crippen MR) is 55.8 cm³/mol. The van der Waals surface area contributed by atoms with Crippen LogP contribution < -0.4 is 5.73 Å². The summed E-state index contributed by atoms with van der Waals surface area (Å²) in [6, 6.07) is 2.93. The van der Waals surface area contributed by atoms with E-state index in [1.807, 2.05) is 0 Å². The van der Waals surface area contributed by atoms with Gasteiger partial charge in [0, 0.05) is 11.6 Å². The van der Waals surface area contributed by atoms with Gasteiger partial charge in [0.25, 0.3) is 0 Å². The smallest absolute Gasteiger partial charge is 0.323 e. The summed E-state index contributed by atoms with van der Waals surface area (Å²) in [6.45, 7) is 0. The van der Waals surface area contributed by atoms with Crippen LogP contribution in [0.3, 0.4) is 0 Å². The zero-order valence-electron chi connectivity index (χ0n) is 8.46. The highest BCUT2D eigenvalue weighted by atomic mass is 35.5. The fraction of sp³-hybridized carbons (Fsp3) is 0.300. The van der Waals surface area contributed by atoms with Gasteiger partial charge in [-0.25, -0.2) is 4.39 Å². The van der Waals surface area contributed by atoms with Gasteiger partial charge in [0.1, 0.15) is 5.82 Å². The first kappa shape index (κ1) is 15.7. The molecule has 0 heterocycles. The number of hydrogen-bond acceptors (Lipinski definition) is 2. The highest BCUT2D eigenvalue weighted by Crippen LogP contribution is 2.35. The van der Waals surface area contributed by atoms with E-state index >= 15 is 0 Å². The van der Waals surface area contributed by atoms with E-state index in [9.17, 15) is 17.6 Å². The van der Waals surface area contributed by atoms with Crippen molar-refractivity contribution in [2.24, 2.45) is 5.73 Å². The lowest BCUT2D eigenvalue weighted by atomic mass is 9.98. The maximum Gasteiger partial charge on any atom is 0.416 e. The molecule has 0 saturated heterocycles. The number of alkyl halides is 3. The molecule has 7 heteroatoms. The van der Waals surface area contributed by atoms with Crippen LogP contribution in [0.1, 0.15) is 23.6 Å². The summed E-state index contributed by atoms with van der Waals surface area (Å²) < 4.78 is 50.8. The number of nitrogens with two attached hydrogens (primary N) is 1. The molecule has 2 N–H and O–H groups in total. The summed E-state index contributed by atoms with van der Waals surface area (Å²) in [5.41, 5.74) is 3.56. The Bertz CT molecular complexity index is 425. The number of halogens is 5. The molecule has 0 aliphatic rings. The molecule has 2 nitrogen and oxygen atoms in total. The van der Waals surface area contributed by atoms with Gasteiger partial charge in [-0.05, 0) is 12.1 Å². The van der Waals surface area contributed by atoms with Crippen molar-refractivity contribution < 1.29 is 17.6 Å². The van der Waals surface area contributed by atoms with Crippen LogP contribution in [-0.4, -0.2) is 0 Å². The zero-order chi connectivity index (χ0) is 12.3. The number of hydrogen-bond donors (Lipinski definition) is 1. The SMILES string of the molecule is Cl.N#CC[C@H](N)c1c(F)cccc1C(F)(F)F. The van der Waals surface area contributed by atoms with Crippen LogP contribution >= 0.6 is 12.4 Å². The molecule has 0 unspecified atom stereocenters. The lowest BCUT2D eigenvalue weighted by Gasteiger charge is -2.16. The first-order valence-corrected chi connectivity index (χ1v) is 4.36. The molecule has 0 radical (unpaired) electrons. The van der Waals surface area contributed by atoms with Crippen LogP contribution in [0.25, 0.3) is 0 Å². The Morgan fingerprint density at radius 2 is 1.94 bits per heavy atom. The average Bonchev–Trinajstić information content (AvgIpc) is 2.16. The van der Waals surface area contributed by atoms with E-state index in [1.165, 1.54) is 0 Å². The topological polar surface area (TPSA) is 49.8 Å². The molecule has 0 bridgehead atoms. The van der Waals surface area contributed by atoms with Crippen LogP contribution in [0.4, 0.5) is 17.6 Å². The van der Waals surface area contributed by atoms with Crippen molar-refractivity contribution in [3.05, 3.63) is 35.1 Å². The fourth-order valence-corrected chi connectivity index (χ4v) is 1.36. The molecule has 0 saturated carbocycles. The minimum atomic E-state index is -4.68. The maximum absolute atomic E-state index is 13.3. The Balaban J connectivity index is 0.00000256. The summed E-state index contributed by atoms with van der Waals surface area (Å²) in [6.07, 6.45) is -5.05. The average molecular weight is 269 g/mol. The molecule has 1 atom stereocenters. The maximum atomic E-state index is 13.3. The van der Waals surface area contributed by atoms with Crippen LogP contribution in [-0.2, 0) is 6.18 Å². The third-order valence-electron chi connectivity index (χ3n) is 2.04. The normalized spacial score (nSPS) is 12.5. The minimum Gasteiger partial charge on any atom is -0.323 e. The Labute approximate surface area is 101 Å². The minimum absolute atomic E-state index is 0. The number of nitriles is 1. The third-order valence-corrected chi connectivity index (χ3v) is 2.04. The molecule has 0 fully saturated rings. The van der Waals surface area contributed by atoms with Gasteiger partial charge in [-0.15, -0.1) is 12.4 Å². The molecule has 94 valence electrons. The van der Waals surface area contributed by atoms with Crippen LogP contribution in [0.5, 0.6) is 0 Å². The molecule has 0 spiro atoms. The van der Waals surface area contributed by atoms with Crippen molar-refractivity contribution in [3.63, 3.8) is 0 Å². The molecule has 0 aromatic heterocycles. The monoisotopic (exact) mass is 268 g/mol. The van der Waals surface area contributed by atoms with E-state index in [4.69, 9.17) is 11.0 Å². The van der Waals surface area contributed by atoms with Crippen LogP contribution in [0.15, 0.2) is 18.2 Å². The Morgan fingerprint density at radius 1 is 1.35 bits per heavy atom. The van der Waals surface area contributed by atoms with Gasteiger partial charge in [0.15, 0.2) is 0 Å². The fourth-order valence-electron chi connectivity index (χ4n) is 1.36. The van der Waals surface area contributed by atoms with E-state index in [0.29, 0.717) is 0 Å². The van der Waals surface area contributed by atoms with Gasteiger partial charge in [0.2, 0.25) is 0 Å². The lowest BCUT2D eigenvalue weighted by Crippen LogP contribution is -2.19. The van der Waals surface area contributed by atoms with Gasteiger partial charge in [-0.2, -0.15) is 18.4 Å². The first-order valence-electron chi connectivity index (χ1n) is 4.36. The molecule has 0 aliphatic heterocycles. The van der Waals surface area contributed by atoms with Crippen molar-refractivity contribution in [2.75, 3.05) is 0 Å².